The Labute approximate surface area is 153 Å². The molecule has 0 unspecified atom stereocenters. The monoisotopic (exact) mass is 368 g/mol. The zero-order chi connectivity index (χ0) is 18.3. The molecule has 0 spiro atoms. The van der Waals surface area contributed by atoms with E-state index >= 15 is 0 Å². The minimum Gasteiger partial charge on any atom is -0.394 e. The molecule has 0 aliphatic rings. The summed E-state index contributed by atoms with van der Waals surface area (Å²) in [6.07, 6.45) is 6.06. The zero-order valence-electron chi connectivity index (χ0n) is 14.6. The van der Waals surface area contributed by atoms with E-state index in [0.717, 1.165) is 37.9 Å². The smallest absolute Gasteiger partial charge is 0.256 e. The summed E-state index contributed by atoms with van der Waals surface area (Å²) in [7, 11) is 0. The third-order valence-electron chi connectivity index (χ3n) is 5.01. The topological polar surface area (TPSA) is 90.9 Å². The number of hydrogen-bond donors (Lipinski definition) is 3. The Kier molecular flexibility index (Phi) is 4.34. The second-order valence-electron chi connectivity index (χ2n) is 6.53. The summed E-state index contributed by atoms with van der Waals surface area (Å²) in [5.74, 6) is 0.326. The number of pyridine rings is 2. The lowest BCUT2D eigenvalue weighted by Gasteiger charge is -2.21. The van der Waals surface area contributed by atoms with E-state index in [9.17, 15) is 9.90 Å². The highest BCUT2D eigenvalue weighted by Crippen LogP contribution is 2.38. The van der Waals surface area contributed by atoms with Crippen LogP contribution in [-0.2, 0) is 0 Å². The number of nitrogens with one attached hydrogen (secondary N) is 2. The van der Waals surface area contributed by atoms with Gasteiger partial charge in [0.05, 0.1) is 28.3 Å². The molecule has 3 aromatic heterocycles. The summed E-state index contributed by atoms with van der Waals surface area (Å²) in [5.41, 5.74) is 0.729. The van der Waals surface area contributed by atoms with Crippen molar-refractivity contribution in [3.8, 4) is 0 Å². The van der Waals surface area contributed by atoms with Gasteiger partial charge in [-0.2, -0.15) is 0 Å². The Bertz CT molecular complexity index is 1150. The molecule has 6 nitrogen and oxygen atoms in total. The summed E-state index contributed by atoms with van der Waals surface area (Å²) < 4.78 is 0.966. The highest BCUT2D eigenvalue weighted by molar-refractivity contribution is 7.23. The van der Waals surface area contributed by atoms with Gasteiger partial charge in [-0.15, -0.1) is 0 Å². The van der Waals surface area contributed by atoms with Gasteiger partial charge in [-0.1, -0.05) is 31.6 Å². The van der Waals surface area contributed by atoms with E-state index in [1.54, 1.807) is 18.6 Å². The number of aromatic amines is 1. The number of benzene rings is 1. The maximum Gasteiger partial charge on any atom is 0.256 e. The van der Waals surface area contributed by atoms with Crippen LogP contribution in [0.15, 0.2) is 35.5 Å². The van der Waals surface area contributed by atoms with Crippen LogP contribution in [0.2, 0.25) is 0 Å². The Balaban J connectivity index is 1.98. The van der Waals surface area contributed by atoms with Gasteiger partial charge in [0, 0.05) is 34.7 Å². The third kappa shape index (κ3) is 2.64. The van der Waals surface area contributed by atoms with Crippen molar-refractivity contribution in [1.29, 1.82) is 0 Å². The van der Waals surface area contributed by atoms with Gasteiger partial charge in [0.2, 0.25) is 0 Å². The van der Waals surface area contributed by atoms with Gasteiger partial charge in [0.15, 0.2) is 5.13 Å². The molecule has 0 bridgehead atoms. The minimum atomic E-state index is -0.127. The van der Waals surface area contributed by atoms with Crippen molar-refractivity contribution in [2.75, 3.05) is 11.9 Å². The van der Waals surface area contributed by atoms with Crippen molar-refractivity contribution in [3.05, 3.63) is 41.1 Å². The highest BCUT2D eigenvalue weighted by Gasteiger charge is 2.19. The molecule has 2 atom stereocenters. The maximum atomic E-state index is 12.4. The fourth-order valence-electron chi connectivity index (χ4n) is 3.29. The molecule has 7 heteroatoms. The normalized spacial score (nSPS) is 14.1. The van der Waals surface area contributed by atoms with E-state index in [-0.39, 0.29) is 18.2 Å². The average Bonchev–Trinajstić information content (AvgIpc) is 3.10. The SMILES string of the molecule is CC[C@H](C)[C@@H](CO)Nc1nc2c3ccncc3c3c(=O)[nH]ccc3c2s1. The third-order valence-corrected chi connectivity index (χ3v) is 6.03. The van der Waals surface area contributed by atoms with Crippen molar-refractivity contribution in [2.45, 2.75) is 26.3 Å². The molecule has 0 saturated heterocycles. The van der Waals surface area contributed by atoms with Gasteiger partial charge in [0.25, 0.3) is 5.56 Å². The van der Waals surface area contributed by atoms with Crippen molar-refractivity contribution < 1.29 is 5.11 Å². The molecule has 0 saturated carbocycles. The van der Waals surface area contributed by atoms with Crippen LogP contribution in [0.5, 0.6) is 0 Å². The standard InChI is InChI=1S/C19H20N4O2S/c1-3-10(2)14(9-24)22-19-23-16-11-4-6-20-8-13(11)15-12(17(16)26-19)5-7-21-18(15)25/h4-8,10,14,24H,3,9H2,1-2H3,(H,21,25)(H,22,23)/t10-,14+/m0/s1. The molecular weight excluding hydrogens is 348 g/mol. The first-order valence-corrected chi connectivity index (χ1v) is 9.50. The second kappa shape index (κ2) is 6.66. The van der Waals surface area contributed by atoms with Gasteiger partial charge in [-0.3, -0.25) is 9.78 Å². The number of aliphatic hydroxyl groups excluding tert-OH is 1. The number of rotatable bonds is 5. The van der Waals surface area contributed by atoms with E-state index in [1.165, 1.54) is 11.3 Å². The van der Waals surface area contributed by atoms with E-state index < -0.39 is 0 Å². The molecule has 0 amide bonds. The largest absolute Gasteiger partial charge is 0.394 e. The first kappa shape index (κ1) is 16.9. The number of aliphatic hydroxyl groups is 1. The molecule has 4 aromatic rings. The summed E-state index contributed by atoms with van der Waals surface area (Å²) in [6.45, 7) is 4.26. The zero-order valence-corrected chi connectivity index (χ0v) is 15.4. The van der Waals surface area contributed by atoms with E-state index in [2.05, 4.69) is 29.1 Å². The molecule has 3 heterocycles. The summed E-state index contributed by atoms with van der Waals surface area (Å²) in [4.78, 5) is 24.2. The lowest BCUT2D eigenvalue weighted by atomic mass is 10.0. The Morgan fingerprint density at radius 2 is 2.15 bits per heavy atom. The summed E-state index contributed by atoms with van der Waals surface area (Å²) in [6, 6.07) is 3.75. The van der Waals surface area contributed by atoms with Crippen LogP contribution in [-0.4, -0.2) is 32.7 Å². The first-order chi connectivity index (χ1) is 12.6. The second-order valence-corrected chi connectivity index (χ2v) is 7.53. The Hall–Kier alpha value is -2.51. The molecular formula is C19H20N4O2S. The number of thiazole rings is 1. The van der Waals surface area contributed by atoms with Crippen molar-refractivity contribution in [2.24, 2.45) is 5.92 Å². The van der Waals surface area contributed by atoms with Crippen LogP contribution in [0.25, 0.3) is 31.8 Å². The summed E-state index contributed by atoms with van der Waals surface area (Å²) >= 11 is 1.52. The first-order valence-electron chi connectivity index (χ1n) is 8.69. The van der Waals surface area contributed by atoms with Crippen LogP contribution < -0.4 is 10.9 Å². The number of hydrogen-bond acceptors (Lipinski definition) is 6. The lowest BCUT2D eigenvalue weighted by molar-refractivity contribution is 0.241. The fourth-order valence-corrected chi connectivity index (χ4v) is 4.37. The van der Waals surface area contributed by atoms with Crippen molar-refractivity contribution in [3.63, 3.8) is 0 Å². The minimum absolute atomic E-state index is 0.0516. The molecule has 0 aliphatic carbocycles. The average molecular weight is 368 g/mol. The van der Waals surface area contributed by atoms with Gasteiger partial charge in [0.1, 0.15) is 0 Å². The molecule has 3 N–H and O–H groups in total. The van der Waals surface area contributed by atoms with Crippen LogP contribution in [0.4, 0.5) is 5.13 Å². The van der Waals surface area contributed by atoms with Gasteiger partial charge < -0.3 is 15.4 Å². The fraction of sp³-hybridized carbons (Fsp3) is 0.316. The Morgan fingerprint density at radius 1 is 1.31 bits per heavy atom. The molecule has 4 rings (SSSR count). The van der Waals surface area contributed by atoms with Crippen LogP contribution in [0.3, 0.4) is 0 Å². The van der Waals surface area contributed by atoms with E-state index in [4.69, 9.17) is 4.98 Å². The lowest BCUT2D eigenvalue weighted by Crippen LogP contribution is -2.30. The summed E-state index contributed by atoms with van der Waals surface area (Å²) in [5, 5.41) is 17.0. The van der Waals surface area contributed by atoms with E-state index in [1.807, 2.05) is 12.1 Å². The molecule has 0 radical (unpaired) electrons. The number of aromatic nitrogens is 3. The maximum absolute atomic E-state index is 12.4. The molecule has 26 heavy (non-hydrogen) atoms. The predicted octanol–water partition coefficient (Wildman–Crippen LogP) is 3.50. The molecule has 0 aliphatic heterocycles. The Morgan fingerprint density at radius 3 is 2.92 bits per heavy atom. The predicted molar refractivity (Wildman–Crippen MR) is 107 cm³/mol. The van der Waals surface area contributed by atoms with Crippen molar-refractivity contribution >= 4 is 48.2 Å². The highest BCUT2D eigenvalue weighted by atomic mass is 32.1. The van der Waals surface area contributed by atoms with Crippen LogP contribution >= 0.6 is 11.3 Å². The van der Waals surface area contributed by atoms with Crippen molar-refractivity contribution in [1.82, 2.24) is 15.0 Å². The van der Waals surface area contributed by atoms with Gasteiger partial charge >= 0.3 is 0 Å². The van der Waals surface area contributed by atoms with Crippen LogP contribution in [0.1, 0.15) is 20.3 Å². The quantitative estimate of drug-likeness (QED) is 0.469. The number of anilines is 1. The van der Waals surface area contributed by atoms with E-state index in [0.29, 0.717) is 11.3 Å². The molecule has 0 fully saturated rings. The number of H-pyrrole nitrogens is 1. The van der Waals surface area contributed by atoms with Crippen LogP contribution in [0, 0.1) is 5.92 Å². The number of fused-ring (bicyclic) bond motifs is 6. The van der Waals surface area contributed by atoms with Gasteiger partial charge in [-0.05, 0) is 18.1 Å². The van der Waals surface area contributed by atoms with Gasteiger partial charge in [-0.25, -0.2) is 4.98 Å². The number of nitrogens with zero attached hydrogens (tertiary/aromatic N) is 2. The molecule has 134 valence electrons. The molecule has 1 aromatic carbocycles.